The quantitative estimate of drug-likeness (QED) is 0.455. The molecule has 2 aromatic carbocycles. The lowest BCUT2D eigenvalue weighted by Gasteiger charge is -2.17. The number of nitrogens with one attached hydrogen (secondary N) is 2. The number of aromatic nitrogens is 2. The summed E-state index contributed by atoms with van der Waals surface area (Å²) in [5.74, 6) is -0.739. The van der Waals surface area contributed by atoms with Crippen molar-refractivity contribution in [1.29, 1.82) is 0 Å². The molecule has 0 saturated heterocycles. The lowest BCUT2D eigenvalue weighted by Crippen LogP contribution is -2.26. The molecule has 2 N–H and O–H groups in total. The van der Waals surface area contributed by atoms with E-state index in [1.807, 2.05) is 41.8 Å². The van der Waals surface area contributed by atoms with Crippen LogP contribution in [0.2, 0.25) is 0 Å². The Bertz CT molecular complexity index is 1280. The van der Waals surface area contributed by atoms with Crippen LogP contribution in [0.4, 0.5) is 10.8 Å². The zero-order chi connectivity index (χ0) is 21.8. The first-order valence-electron chi connectivity index (χ1n) is 9.70. The van der Waals surface area contributed by atoms with Crippen molar-refractivity contribution in [1.82, 2.24) is 9.97 Å². The summed E-state index contributed by atoms with van der Waals surface area (Å²) in [6, 6.07) is 14.7. The second kappa shape index (κ2) is 8.97. The highest BCUT2D eigenvalue weighted by Crippen LogP contribution is 2.27. The number of amides is 2. The van der Waals surface area contributed by atoms with E-state index >= 15 is 0 Å². The van der Waals surface area contributed by atoms with E-state index in [-0.39, 0.29) is 24.7 Å². The monoisotopic (exact) mass is 436 g/mol. The summed E-state index contributed by atoms with van der Waals surface area (Å²) in [5.41, 5.74) is 3.34. The summed E-state index contributed by atoms with van der Waals surface area (Å²) in [4.78, 5) is 44.4. The van der Waals surface area contributed by atoms with Gasteiger partial charge in [0, 0.05) is 36.5 Å². The van der Waals surface area contributed by atoms with Gasteiger partial charge in [-0.2, -0.15) is 0 Å². The van der Waals surface area contributed by atoms with Crippen molar-refractivity contribution in [2.45, 2.75) is 19.3 Å². The van der Waals surface area contributed by atoms with E-state index < -0.39 is 5.76 Å². The molecular weight excluding hydrogens is 416 g/mol. The molecule has 158 valence electrons. The van der Waals surface area contributed by atoms with Gasteiger partial charge in [0.1, 0.15) is 0 Å². The third-order valence-corrected chi connectivity index (χ3v) is 5.54. The Morgan fingerprint density at radius 2 is 1.97 bits per heavy atom. The molecule has 0 atom stereocenters. The Hall–Kier alpha value is -3.72. The lowest BCUT2D eigenvalue weighted by molar-refractivity contribution is -0.118. The van der Waals surface area contributed by atoms with Gasteiger partial charge in [0.05, 0.1) is 11.2 Å². The molecule has 0 radical (unpaired) electrons. The molecule has 2 aromatic heterocycles. The van der Waals surface area contributed by atoms with Gasteiger partial charge in [0.2, 0.25) is 11.8 Å². The highest BCUT2D eigenvalue weighted by Gasteiger charge is 2.13. The van der Waals surface area contributed by atoms with Crippen LogP contribution in [-0.2, 0) is 9.59 Å². The summed E-state index contributed by atoms with van der Waals surface area (Å²) >= 11 is 1.31. The summed E-state index contributed by atoms with van der Waals surface area (Å²) in [7, 11) is 1.73. The number of thiazole rings is 1. The van der Waals surface area contributed by atoms with E-state index in [0.29, 0.717) is 28.3 Å². The number of hydrogen-bond donors (Lipinski definition) is 2. The Labute approximate surface area is 181 Å². The van der Waals surface area contributed by atoms with E-state index in [1.54, 1.807) is 24.1 Å². The van der Waals surface area contributed by atoms with Gasteiger partial charge in [-0.15, -0.1) is 11.3 Å². The van der Waals surface area contributed by atoms with Gasteiger partial charge in [0.15, 0.2) is 10.7 Å². The molecule has 31 heavy (non-hydrogen) atoms. The van der Waals surface area contributed by atoms with Crippen molar-refractivity contribution in [3.05, 3.63) is 64.5 Å². The van der Waals surface area contributed by atoms with Crippen molar-refractivity contribution >= 4 is 45.1 Å². The highest BCUT2D eigenvalue weighted by molar-refractivity contribution is 7.14. The predicted molar refractivity (Wildman–Crippen MR) is 120 cm³/mol. The molecule has 0 aliphatic rings. The van der Waals surface area contributed by atoms with E-state index in [1.165, 1.54) is 11.3 Å². The molecule has 0 bridgehead atoms. The van der Waals surface area contributed by atoms with Crippen LogP contribution in [0.25, 0.3) is 22.4 Å². The van der Waals surface area contributed by atoms with Gasteiger partial charge in [-0.05, 0) is 30.7 Å². The van der Waals surface area contributed by atoms with Crippen LogP contribution >= 0.6 is 11.3 Å². The molecule has 0 fully saturated rings. The molecule has 9 heteroatoms. The van der Waals surface area contributed by atoms with Crippen LogP contribution in [0.15, 0.2) is 63.1 Å². The smallest absolute Gasteiger partial charge is 0.408 e. The SMILES string of the molecule is CN(C(=O)CCCC(=O)Nc1nc(-c2ccc3[nH]c(=O)oc3c2)cs1)c1ccccc1. The fourth-order valence-electron chi connectivity index (χ4n) is 3.11. The standard InChI is InChI=1S/C22H20N4O4S/c1-26(15-6-3-2-4-7-15)20(28)9-5-8-19(27)25-21-23-17(13-31-21)14-10-11-16-18(12-14)30-22(29)24-16/h2-4,6-7,10-13H,5,8-9H2,1H3,(H,24,29)(H,23,25,27). The summed E-state index contributed by atoms with van der Waals surface area (Å²) in [5, 5.41) is 5.07. The molecule has 0 saturated carbocycles. The molecule has 4 aromatic rings. The van der Waals surface area contributed by atoms with Gasteiger partial charge in [-0.1, -0.05) is 24.3 Å². The average molecular weight is 436 g/mol. The maximum Gasteiger partial charge on any atom is 0.417 e. The van der Waals surface area contributed by atoms with Crippen molar-refractivity contribution in [2.75, 3.05) is 17.3 Å². The summed E-state index contributed by atoms with van der Waals surface area (Å²) in [6.07, 6.45) is 0.955. The Balaban J connectivity index is 1.29. The third-order valence-electron chi connectivity index (χ3n) is 4.78. The van der Waals surface area contributed by atoms with E-state index in [2.05, 4.69) is 15.3 Å². The molecule has 0 aliphatic carbocycles. The molecule has 8 nitrogen and oxygen atoms in total. The number of fused-ring (bicyclic) bond motifs is 1. The van der Waals surface area contributed by atoms with Crippen molar-refractivity contribution in [3.63, 3.8) is 0 Å². The van der Waals surface area contributed by atoms with Crippen molar-refractivity contribution in [3.8, 4) is 11.3 Å². The number of carbonyl (C=O) groups is 2. The molecule has 0 unspecified atom stereocenters. The maximum absolute atomic E-state index is 12.3. The highest BCUT2D eigenvalue weighted by atomic mass is 32.1. The number of hydrogen-bond acceptors (Lipinski definition) is 6. The molecule has 2 heterocycles. The molecule has 4 rings (SSSR count). The second-order valence-electron chi connectivity index (χ2n) is 6.95. The minimum Gasteiger partial charge on any atom is -0.408 e. The first-order valence-corrected chi connectivity index (χ1v) is 10.6. The predicted octanol–water partition coefficient (Wildman–Crippen LogP) is 4.02. The van der Waals surface area contributed by atoms with Gasteiger partial charge >= 0.3 is 5.76 Å². The number of para-hydroxylation sites is 1. The van der Waals surface area contributed by atoms with Gasteiger partial charge in [0.25, 0.3) is 0 Å². The first kappa shape index (κ1) is 20.5. The fraction of sp³-hybridized carbons (Fsp3) is 0.182. The normalized spacial score (nSPS) is 10.9. The Kier molecular flexibility index (Phi) is 5.94. The topological polar surface area (TPSA) is 108 Å². The Morgan fingerprint density at radius 1 is 1.16 bits per heavy atom. The minimum atomic E-state index is -0.508. The molecule has 2 amide bonds. The number of nitrogens with zero attached hydrogens (tertiary/aromatic N) is 2. The zero-order valence-electron chi connectivity index (χ0n) is 16.8. The number of oxazole rings is 1. The minimum absolute atomic E-state index is 0.0395. The number of aromatic amines is 1. The van der Waals surface area contributed by atoms with Crippen molar-refractivity contribution < 1.29 is 14.0 Å². The van der Waals surface area contributed by atoms with Crippen molar-refractivity contribution in [2.24, 2.45) is 0 Å². The molecule has 0 aliphatic heterocycles. The number of benzene rings is 2. The number of carbonyl (C=O) groups excluding carboxylic acids is 2. The number of rotatable bonds is 7. The van der Waals surface area contributed by atoms with Gasteiger partial charge in [-0.25, -0.2) is 9.78 Å². The summed E-state index contributed by atoms with van der Waals surface area (Å²) in [6.45, 7) is 0. The first-order chi connectivity index (χ1) is 15.0. The third kappa shape index (κ3) is 4.89. The van der Waals surface area contributed by atoms with Crippen LogP contribution < -0.4 is 16.0 Å². The lowest BCUT2D eigenvalue weighted by atomic mass is 10.1. The fourth-order valence-corrected chi connectivity index (χ4v) is 3.85. The van der Waals surface area contributed by atoms with Crippen LogP contribution in [0, 0.1) is 0 Å². The number of anilines is 2. The van der Waals surface area contributed by atoms with Gasteiger partial charge in [-0.3, -0.25) is 14.6 Å². The average Bonchev–Trinajstić information content (AvgIpc) is 3.38. The summed E-state index contributed by atoms with van der Waals surface area (Å²) < 4.78 is 5.07. The van der Waals surface area contributed by atoms with Crippen LogP contribution in [0.5, 0.6) is 0 Å². The van der Waals surface area contributed by atoms with Crippen LogP contribution in [-0.4, -0.2) is 28.8 Å². The maximum atomic E-state index is 12.3. The van der Waals surface area contributed by atoms with E-state index in [0.717, 1.165) is 11.3 Å². The van der Waals surface area contributed by atoms with E-state index in [4.69, 9.17) is 4.42 Å². The van der Waals surface area contributed by atoms with Crippen LogP contribution in [0.3, 0.4) is 0 Å². The number of H-pyrrole nitrogens is 1. The molecular formula is C22H20N4O4S. The molecule has 0 spiro atoms. The van der Waals surface area contributed by atoms with Gasteiger partial charge < -0.3 is 14.6 Å². The Morgan fingerprint density at radius 3 is 2.77 bits per heavy atom. The van der Waals surface area contributed by atoms with Crippen LogP contribution in [0.1, 0.15) is 19.3 Å². The van der Waals surface area contributed by atoms with E-state index in [9.17, 15) is 14.4 Å². The second-order valence-corrected chi connectivity index (χ2v) is 7.81. The zero-order valence-corrected chi connectivity index (χ0v) is 17.6. The largest absolute Gasteiger partial charge is 0.417 e.